The van der Waals surface area contributed by atoms with Crippen LogP contribution in [0.5, 0.6) is 0 Å². The molecule has 3 unspecified atom stereocenters. The van der Waals surface area contributed by atoms with Crippen LogP contribution in [0.2, 0.25) is 0 Å². The molecule has 0 aromatic carbocycles. The molecule has 15 heavy (non-hydrogen) atoms. The maximum absolute atomic E-state index is 6.08. The standard InChI is InChI=1S/C13H26O2/c1-9-11(12(2,3)4)10(8-14-9)15-13(5,6)7/h9-11H,8H2,1-7H3. The monoisotopic (exact) mass is 214 g/mol. The minimum Gasteiger partial charge on any atom is -0.375 e. The van der Waals surface area contributed by atoms with Crippen LogP contribution in [-0.4, -0.2) is 24.4 Å². The lowest BCUT2D eigenvalue weighted by Crippen LogP contribution is -2.40. The van der Waals surface area contributed by atoms with E-state index >= 15 is 0 Å². The molecule has 3 atom stereocenters. The molecule has 1 heterocycles. The van der Waals surface area contributed by atoms with Crippen LogP contribution in [-0.2, 0) is 9.47 Å². The van der Waals surface area contributed by atoms with Crippen LogP contribution < -0.4 is 0 Å². The van der Waals surface area contributed by atoms with Gasteiger partial charge in [-0.05, 0) is 33.1 Å². The number of ether oxygens (including phenoxy) is 2. The van der Waals surface area contributed by atoms with Crippen molar-refractivity contribution in [2.24, 2.45) is 11.3 Å². The fourth-order valence-corrected chi connectivity index (χ4v) is 2.58. The first-order valence-corrected chi connectivity index (χ1v) is 5.91. The van der Waals surface area contributed by atoms with E-state index in [2.05, 4.69) is 48.5 Å². The van der Waals surface area contributed by atoms with E-state index in [0.29, 0.717) is 12.0 Å². The van der Waals surface area contributed by atoms with E-state index in [1.807, 2.05) is 0 Å². The first kappa shape index (κ1) is 13.0. The zero-order valence-corrected chi connectivity index (χ0v) is 11.3. The highest BCUT2D eigenvalue weighted by molar-refractivity contribution is 4.91. The van der Waals surface area contributed by atoms with Gasteiger partial charge in [0.25, 0.3) is 0 Å². The topological polar surface area (TPSA) is 18.5 Å². The molecule has 1 fully saturated rings. The predicted octanol–water partition coefficient (Wildman–Crippen LogP) is 3.25. The molecule has 1 aliphatic rings. The maximum atomic E-state index is 6.08. The van der Waals surface area contributed by atoms with Crippen molar-refractivity contribution in [2.45, 2.75) is 66.3 Å². The normalized spacial score (nSPS) is 33.4. The smallest absolute Gasteiger partial charge is 0.0873 e. The Morgan fingerprint density at radius 3 is 2.00 bits per heavy atom. The molecule has 0 radical (unpaired) electrons. The van der Waals surface area contributed by atoms with Gasteiger partial charge in [-0.1, -0.05) is 20.8 Å². The van der Waals surface area contributed by atoms with Crippen LogP contribution in [0.1, 0.15) is 48.5 Å². The second kappa shape index (κ2) is 4.06. The number of hydrogen-bond donors (Lipinski definition) is 0. The molecule has 0 saturated carbocycles. The Morgan fingerprint density at radius 2 is 1.60 bits per heavy atom. The molecule has 2 nitrogen and oxygen atoms in total. The SMILES string of the molecule is CC1OCC(OC(C)(C)C)C1C(C)(C)C. The molecule has 90 valence electrons. The van der Waals surface area contributed by atoms with Gasteiger partial charge in [0, 0.05) is 5.92 Å². The highest BCUT2D eigenvalue weighted by Gasteiger charge is 2.43. The minimum absolute atomic E-state index is 0.0818. The van der Waals surface area contributed by atoms with Gasteiger partial charge in [0.2, 0.25) is 0 Å². The van der Waals surface area contributed by atoms with E-state index in [4.69, 9.17) is 9.47 Å². The lowest BCUT2D eigenvalue weighted by atomic mass is 9.75. The van der Waals surface area contributed by atoms with Crippen molar-refractivity contribution in [1.82, 2.24) is 0 Å². The molecule has 0 N–H and O–H groups in total. The molecule has 1 saturated heterocycles. The number of rotatable bonds is 1. The van der Waals surface area contributed by atoms with Crippen LogP contribution in [0.15, 0.2) is 0 Å². The van der Waals surface area contributed by atoms with Crippen molar-refractivity contribution in [2.75, 3.05) is 6.61 Å². The molecule has 1 aliphatic heterocycles. The quantitative estimate of drug-likeness (QED) is 0.667. The summed E-state index contributed by atoms with van der Waals surface area (Å²) in [7, 11) is 0. The van der Waals surface area contributed by atoms with Crippen molar-refractivity contribution >= 4 is 0 Å². The van der Waals surface area contributed by atoms with Crippen molar-refractivity contribution < 1.29 is 9.47 Å². The first-order chi connectivity index (χ1) is 6.61. The Balaban J connectivity index is 2.73. The van der Waals surface area contributed by atoms with E-state index in [-0.39, 0.29) is 17.1 Å². The summed E-state index contributed by atoms with van der Waals surface area (Å²) >= 11 is 0. The third kappa shape index (κ3) is 3.46. The van der Waals surface area contributed by atoms with Crippen LogP contribution >= 0.6 is 0 Å². The largest absolute Gasteiger partial charge is 0.375 e. The average Bonchev–Trinajstić information content (AvgIpc) is 2.25. The van der Waals surface area contributed by atoms with Gasteiger partial charge < -0.3 is 9.47 Å². The molecule has 1 rings (SSSR count). The van der Waals surface area contributed by atoms with Crippen LogP contribution in [0.3, 0.4) is 0 Å². The van der Waals surface area contributed by atoms with E-state index in [9.17, 15) is 0 Å². The Hall–Kier alpha value is -0.0800. The van der Waals surface area contributed by atoms with Gasteiger partial charge in [-0.15, -0.1) is 0 Å². The Bertz CT molecular complexity index is 210. The molecular weight excluding hydrogens is 188 g/mol. The summed E-state index contributed by atoms with van der Waals surface area (Å²) in [4.78, 5) is 0. The molecule has 0 aromatic heterocycles. The zero-order valence-electron chi connectivity index (χ0n) is 11.3. The molecule has 0 spiro atoms. The molecule has 2 heteroatoms. The van der Waals surface area contributed by atoms with Crippen molar-refractivity contribution in [3.63, 3.8) is 0 Å². The summed E-state index contributed by atoms with van der Waals surface area (Å²) in [5.74, 6) is 0.483. The second-order valence-electron chi connectivity index (χ2n) is 6.70. The van der Waals surface area contributed by atoms with E-state index in [1.165, 1.54) is 0 Å². The lowest BCUT2D eigenvalue weighted by molar-refractivity contribution is -0.0896. The summed E-state index contributed by atoms with van der Waals surface area (Å²) in [6.07, 6.45) is 0.539. The Morgan fingerprint density at radius 1 is 1.07 bits per heavy atom. The van der Waals surface area contributed by atoms with Crippen LogP contribution in [0, 0.1) is 11.3 Å². The summed E-state index contributed by atoms with van der Waals surface area (Å²) in [6, 6.07) is 0. The van der Waals surface area contributed by atoms with E-state index in [0.717, 1.165) is 6.61 Å². The average molecular weight is 214 g/mol. The van der Waals surface area contributed by atoms with Gasteiger partial charge in [0.05, 0.1) is 24.4 Å². The summed E-state index contributed by atoms with van der Waals surface area (Å²) in [5, 5.41) is 0. The van der Waals surface area contributed by atoms with Crippen LogP contribution in [0.4, 0.5) is 0 Å². The van der Waals surface area contributed by atoms with Gasteiger partial charge in [-0.25, -0.2) is 0 Å². The maximum Gasteiger partial charge on any atom is 0.0873 e. The van der Waals surface area contributed by atoms with Crippen molar-refractivity contribution in [3.8, 4) is 0 Å². The lowest BCUT2D eigenvalue weighted by Gasteiger charge is -2.36. The number of hydrogen-bond acceptors (Lipinski definition) is 2. The minimum atomic E-state index is -0.0818. The molecular formula is C13H26O2. The fraction of sp³-hybridized carbons (Fsp3) is 1.00. The van der Waals surface area contributed by atoms with Crippen molar-refractivity contribution in [1.29, 1.82) is 0 Å². The van der Waals surface area contributed by atoms with E-state index < -0.39 is 0 Å². The second-order valence-corrected chi connectivity index (χ2v) is 6.70. The molecule has 0 aromatic rings. The highest BCUT2D eigenvalue weighted by atomic mass is 16.6. The Kier molecular flexibility index (Phi) is 3.52. The summed E-state index contributed by atoms with van der Waals surface area (Å²) in [6.45, 7) is 16.0. The van der Waals surface area contributed by atoms with Gasteiger partial charge in [0.1, 0.15) is 0 Å². The van der Waals surface area contributed by atoms with Gasteiger partial charge in [-0.3, -0.25) is 0 Å². The highest BCUT2D eigenvalue weighted by Crippen LogP contribution is 2.39. The van der Waals surface area contributed by atoms with Gasteiger partial charge in [-0.2, -0.15) is 0 Å². The Labute approximate surface area is 94.3 Å². The van der Waals surface area contributed by atoms with Gasteiger partial charge >= 0.3 is 0 Å². The summed E-state index contributed by atoms with van der Waals surface area (Å²) < 4.78 is 11.8. The fourth-order valence-electron chi connectivity index (χ4n) is 2.58. The van der Waals surface area contributed by atoms with E-state index in [1.54, 1.807) is 0 Å². The summed E-state index contributed by atoms with van der Waals surface area (Å²) in [5.41, 5.74) is 0.160. The third-order valence-corrected chi connectivity index (χ3v) is 2.93. The van der Waals surface area contributed by atoms with Crippen LogP contribution in [0.25, 0.3) is 0 Å². The van der Waals surface area contributed by atoms with Crippen molar-refractivity contribution in [3.05, 3.63) is 0 Å². The molecule has 0 aliphatic carbocycles. The molecule has 0 amide bonds. The molecule has 0 bridgehead atoms. The zero-order chi connectivity index (χ0) is 11.9. The third-order valence-electron chi connectivity index (χ3n) is 2.93. The first-order valence-electron chi connectivity index (χ1n) is 5.91. The predicted molar refractivity (Wildman–Crippen MR) is 63.0 cm³/mol. The van der Waals surface area contributed by atoms with Gasteiger partial charge in [0.15, 0.2) is 0 Å².